The Hall–Kier alpha value is -1.54. The smallest absolute Gasteiger partial charge is 0.131 e. The molecule has 0 saturated heterocycles. The van der Waals surface area contributed by atoms with Gasteiger partial charge < -0.3 is 4.52 Å². The van der Waals surface area contributed by atoms with Crippen LogP contribution in [0.1, 0.15) is 5.56 Å². The third kappa shape index (κ3) is 1.56. The number of halogens is 1. The van der Waals surface area contributed by atoms with Gasteiger partial charge in [-0.1, -0.05) is 41.5 Å². The highest BCUT2D eigenvalue weighted by molar-refractivity contribution is 6.30. The summed E-state index contributed by atoms with van der Waals surface area (Å²) in [6.07, 6.45) is 3.28. The Bertz CT molecular complexity index is 445. The van der Waals surface area contributed by atoms with Crippen molar-refractivity contribution < 1.29 is 4.52 Å². The summed E-state index contributed by atoms with van der Waals surface area (Å²) < 4.78 is 4.87. The second-order valence-electron chi connectivity index (χ2n) is 2.83. The molecule has 70 valence electrons. The van der Waals surface area contributed by atoms with E-state index in [4.69, 9.17) is 16.1 Å². The Kier molecular flexibility index (Phi) is 2.37. The molecule has 2 aromatic rings. The van der Waals surface area contributed by atoms with Gasteiger partial charge in [-0.3, -0.25) is 0 Å². The van der Waals surface area contributed by atoms with E-state index in [1.54, 1.807) is 12.3 Å². The van der Waals surface area contributed by atoms with Crippen LogP contribution in [0, 0.1) is 0 Å². The zero-order valence-electron chi connectivity index (χ0n) is 7.40. The standard InChI is InChI=1S/C11H8ClNO/c1-2-8-7-14-13-11(8)9-3-5-10(12)6-4-9/h2-7H,1H2. The highest BCUT2D eigenvalue weighted by Crippen LogP contribution is 2.24. The Morgan fingerprint density at radius 2 is 2.00 bits per heavy atom. The van der Waals surface area contributed by atoms with Gasteiger partial charge in [0.15, 0.2) is 0 Å². The van der Waals surface area contributed by atoms with Crippen molar-refractivity contribution in [3.05, 3.63) is 47.7 Å². The highest BCUT2D eigenvalue weighted by Gasteiger charge is 2.06. The van der Waals surface area contributed by atoms with Crippen molar-refractivity contribution in [2.75, 3.05) is 0 Å². The van der Waals surface area contributed by atoms with Crippen molar-refractivity contribution in [3.63, 3.8) is 0 Å². The zero-order chi connectivity index (χ0) is 9.97. The lowest BCUT2D eigenvalue weighted by Gasteiger charge is -1.96. The molecule has 1 aromatic carbocycles. The minimum Gasteiger partial charge on any atom is -0.363 e. The fraction of sp³-hybridized carbons (Fsp3) is 0. The van der Waals surface area contributed by atoms with E-state index < -0.39 is 0 Å². The summed E-state index contributed by atoms with van der Waals surface area (Å²) in [6, 6.07) is 7.43. The van der Waals surface area contributed by atoms with Gasteiger partial charge >= 0.3 is 0 Å². The largest absolute Gasteiger partial charge is 0.363 e. The number of aromatic nitrogens is 1. The van der Waals surface area contributed by atoms with Gasteiger partial charge in [0.25, 0.3) is 0 Å². The topological polar surface area (TPSA) is 26.0 Å². The molecular formula is C11H8ClNO. The van der Waals surface area contributed by atoms with Crippen molar-refractivity contribution in [2.24, 2.45) is 0 Å². The third-order valence-electron chi connectivity index (χ3n) is 1.93. The minimum absolute atomic E-state index is 0.706. The van der Waals surface area contributed by atoms with Crippen molar-refractivity contribution in [3.8, 4) is 11.3 Å². The van der Waals surface area contributed by atoms with Crippen LogP contribution >= 0.6 is 11.6 Å². The second kappa shape index (κ2) is 3.68. The van der Waals surface area contributed by atoms with Crippen LogP contribution in [0.25, 0.3) is 17.3 Å². The first-order valence-electron chi connectivity index (χ1n) is 4.14. The van der Waals surface area contributed by atoms with Crippen LogP contribution < -0.4 is 0 Å². The third-order valence-corrected chi connectivity index (χ3v) is 2.19. The predicted molar refractivity (Wildman–Crippen MR) is 57.0 cm³/mol. The van der Waals surface area contributed by atoms with Crippen LogP contribution in [0.5, 0.6) is 0 Å². The molecule has 0 unspecified atom stereocenters. The van der Waals surface area contributed by atoms with Gasteiger partial charge in [-0.25, -0.2) is 0 Å². The first-order chi connectivity index (χ1) is 6.81. The molecule has 0 amide bonds. The molecule has 14 heavy (non-hydrogen) atoms. The summed E-state index contributed by atoms with van der Waals surface area (Å²) in [5.74, 6) is 0. The Morgan fingerprint density at radius 3 is 2.64 bits per heavy atom. The second-order valence-corrected chi connectivity index (χ2v) is 3.27. The maximum absolute atomic E-state index is 5.78. The van der Waals surface area contributed by atoms with Crippen molar-refractivity contribution in [1.82, 2.24) is 5.16 Å². The number of rotatable bonds is 2. The van der Waals surface area contributed by atoms with Crippen molar-refractivity contribution >= 4 is 17.7 Å². The summed E-state index contributed by atoms with van der Waals surface area (Å²) in [7, 11) is 0. The quantitative estimate of drug-likeness (QED) is 0.748. The molecule has 0 radical (unpaired) electrons. The number of hydrogen-bond donors (Lipinski definition) is 0. The molecule has 0 saturated carbocycles. The Labute approximate surface area is 86.8 Å². The Balaban J connectivity index is 2.49. The first-order valence-corrected chi connectivity index (χ1v) is 4.52. The molecular weight excluding hydrogens is 198 g/mol. The van der Waals surface area contributed by atoms with Crippen LogP contribution in [0.2, 0.25) is 5.02 Å². The van der Waals surface area contributed by atoms with Gasteiger partial charge in [0.05, 0.1) is 0 Å². The molecule has 0 atom stereocenters. The average molecular weight is 206 g/mol. The lowest BCUT2D eigenvalue weighted by molar-refractivity contribution is 0.422. The van der Waals surface area contributed by atoms with E-state index in [9.17, 15) is 0 Å². The summed E-state index contributed by atoms with van der Waals surface area (Å²) in [4.78, 5) is 0. The lowest BCUT2D eigenvalue weighted by Crippen LogP contribution is -1.79. The molecule has 0 aliphatic rings. The lowest BCUT2D eigenvalue weighted by atomic mass is 10.1. The van der Waals surface area contributed by atoms with Crippen LogP contribution in [-0.2, 0) is 0 Å². The molecule has 0 fully saturated rings. The molecule has 2 rings (SSSR count). The van der Waals surface area contributed by atoms with E-state index in [0.717, 1.165) is 16.8 Å². The van der Waals surface area contributed by atoms with E-state index >= 15 is 0 Å². The SMILES string of the molecule is C=Cc1conc1-c1ccc(Cl)cc1. The molecule has 0 bridgehead atoms. The number of nitrogens with zero attached hydrogens (tertiary/aromatic N) is 1. The van der Waals surface area contributed by atoms with Gasteiger partial charge in [0, 0.05) is 16.1 Å². The number of benzene rings is 1. The fourth-order valence-electron chi connectivity index (χ4n) is 1.22. The van der Waals surface area contributed by atoms with Crippen LogP contribution in [0.3, 0.4) is 0 Å². The van der Waals surface area contributed by atoms with Gasteiger partial charge in [-0.2, -0.15) is 0 Å². The van der Waals surface area contributed by atoms with E-state index in [1.165, 1.54) is 0 Å². The van der Waals surface area contributed by atoms with E-state index in [0.29, 0.717) is 5.02 Å². The molecule has 0 aliphatic carbocycles. The van der Waals surface area contributed by atoms with Gasteiger partial charge in [0.2, 0.25) is 0 Å². The van der Waals surface area contributed by atoms with Crippen LogP contribution in [-0.4, -0.2) is 5.16 Å². The van der Waals surface area contributed by atoms with Gasteiger partial charge in [0.1, 0.15) is 12.0 Å². The normalized spacial score (nSPS) is 10.1. The average Bonchev–Trinajstić information content (AvgIpc) is 2.67. The van der Waals surface area contributed by atoms with Crippen molar-refractivity contribution in [1.29, 1.82) is 0 Å². The monoisotopic (exact) mass is 205 g/mol. The van der Waals surface area contributed by atoms with E-state index in [2.05, 4.69) is 11.7 Å². The summed E-state index contributed by atoms with van der Waals surface area (Å²) in [5.41, 5.74) is 2.64. The van der Waals surface area contributed by atoms with E-state index in [-0.39, 0.29) is 0 Å². The maximum Gasteiger partial charge on any atom is 0.131 e. The van der Waals surface area contributed by atoms with Crippen LogP contribution in [0.4, 0.5) is 0 Å². The summed E-state index contributed by atoms with van der Waals surface area (Å²) >= 11 is 5.78. The molecule has 2 nitrogen and oxygen atoms in total. The summed E-state index contributed by atoms with van der Waals surface area (Å²) in [5, 5.41) is 4.60. The molecule has 3 heteroatoms. The zero-order valence-corrected chi connectivity index (χ0v) is 8.16. The maximum atomic E-state index is 5.78. The molecule has 1 heterocycles. The fourth-order valence-corrected chi connectivity index (χ4v) is 1.34. The van der Waals surface area contributed by atoms with Gasteiger partial charge in [-0.15, -0.1) is 0 Å². The molecule has 0 spiro atoms. The summed E-state index contributed by atoms with van der Waals surface area (Å²) in [6.45, 7) is 3.68. The Morgan fingerprint density at radius 1 is 1.29 bits per heavy atom. The number of hydrogen-bond acceptors (Lipinski definition) is 2. The van der Waals surface area contributed by atoms with Gasteiger partial charge in [-0.05, 0) is 12.1 Å². The van der Waals surface area contributed by atoms with Crippen molar-refractivity contribution in [2.45, 2.75) is 0 Å². The van der Waals surface area contributed by atoms with E-state index in [1.807, 2.05) is 24.3 Å². The molecule has 0 N–H and O–H groups in total. The molecule has 1 aromatic heterocycles. The highest BCUT2D eigenvalue weighted by atomic mass is 35.5. The minimum atomic E-state index is 0.706. The predicted octanol–water partition coefficient (Wildman–Crippen LogP) is 3.64. The first kappa shape index (κ1) is 9.03. The molecule has 0 aliphatic heterocycles. The van der Waals surface area contributed by atoms with Crippen LogP contribution in [0.15, 0.2) is 41.6 Å².